The smallest absolute Gasteiger partial charge is 0.195 e. The highest BCUT2D eigenvalue weighted by molar-refractivity contribution is 6.31. The highest BCUT2D eigenvalue weighted by Crippen LogP contribution is 2.26. The summed E-state index contributed by atoms with van der Waals surface area (Å²) in [4.78, 5) is 12.5. The van der Waals surface area contributed by atoms with E-state index >= 15 is 0 Å². The number of benzene rings is 2. The molecule has 0 N–H and O–H groups in total. The highest BCUT2D eigenvalue weighted by Gasteiger charge is 2.16. The molecule has 2 aromatic carbocycles. The lowest BCUT2D eigenvalue weighted by molar-refractivity contribution is 0.103. The minimum atomic E-state index is -0.417. The molecule has 4 heteroatoms. The first kappa shape index (κ1) is 12.9. The van der Waals surface area contributed by atoms with Crippen molar-refractivity contribution in [1.29, 1.82) is 0 Å². The standard InChI is InChI=1S/C16H11ClFNO/c1-19-9-14(13-6-5-11(17)8-15(13)19)16(20)10-3-2-4-12(18)7-10/h2-9H,1H3. The number of fused-ring (bicyclic) bond motifs is 1. The molecule has 1 aromatic heterocycles. The van der Waals surface area contributed by atoms with Gasteiger partial charge in [-0.05, 0) is 24.3 Å². The number of aromatic nitrogens is 1. The zero-order chi connectivity index (χ0) is 14.3. The average Bonchev–Trinajstić information content (AvgIpc) is 2.75. The van der Waals surface area contributed by atoms with Crippen molar-refractivity contribution >= 4 is 28.3 Å². The predicted molar refractivity (Wildman–Crippen MR) is 77.8 cm³/mol. The zero-order valence-corrected chi connectivity index (χ0v) is 11.5. The molecule has 3 rings (SSSR count). The minimum absolute atomic E-state index is 0.197. The molecule has 3 aromatic rings. The first-order chi connectivity index (χ1) is 9.56. The van der Waals surface area contributed by atoms with Gasteiger partial charge in [0.1, 0.15) is 5.82 Å². The molecule has 0 unspecified atom stereocenters. The molecule has 2 nitrogen and oxygen atoms in total. The fourth-order valence-electron chi connectivity index (χ4n) is 2.32. The van der Waals surface area contributed by atoms with E-state index in [4.69, 9.17) is 11.6 Å². The number of hydrogen-bond donors (Lipinski definition) is 0. The maximum atomic E-state index is 13.2. The molecule has 0 saturated carbocycles. The van der Waals surface area contributed by atoms with Crippen LogP contribution in [0.5, 0.6) is 0 Å². The second-order valence-electron chi connectivity index (χ2n) is 4.65. The van der Waals surface area contributed by atoms with Gasteiger partial charge in [0.05, 0.1) is 0 Å². The number of rotatable bonds is 2. The first-order valence-corrected chi connectivity index (χ1v) is 6.49. The third kappa shape index (κ3) is 2.10. The molecule has 0 bridgehead atoms. The zero-order valence-electron chi connectivity index (χ0n) is 10.7. The molecule has 0 aliphatic heterocycles. The average molecular weight is 288 g/mol. The van der Waals surface area contributed by atoms with Crippen molar-refractivity contribution in [3.8, 4) is 0 Å². The molecule has 0 aliphatic carbocycles. The van der Waals surface area contributed by atoms with Crippen LogP contribution in [-0.2, 0) is 7.05 Å². The van der Waals surface area contributed by atoms with E-state index in [1.165, 1.54) is 18.2 Å². The molecule has 0 atom stereocenters. The summed E-state index contributed by atoms with van der Waals surface area (Å²) in [5, 5.41) is 1.43. The van der Waals surface area contributed by atoms with Crippen molar-refractivity contribution in [3.63, 3.8) is 0 Å². The van der Waals surface area contributed by atoms with Gasteiger partial charge in [0.2, 0.25) is 0 Å². The highest BCUT2D eigenvalue weighted by atomic mass is 35.5. The summed E-state index contributed by atoms with van der Waals surface area (Å²) in [5.74, 6) is -0.614. The van der Waals surface area contributed by atoms with Crippen molar-refractivity contribution in [2.24, 2.45) is 7.05 Å². The van der Waals surface area contributed by atoms with Crippen molar-refractivity contribution in [3.05, 3.63) is 70.6 Å². The van der Waals surface area contributed by atoms with Crippen molar-refractivity contribution in [2.45, 2.75) is 0 Å². The quantitative estimate of drug-likeness (QED) is 0.647. The van der Waals surface area contributed by atoms with E-state index in [1.54, 1.807) is 24.4 Å². The van der Waals surface area contributed by atoms with E-state index in [-0.39, 0.29) is 5.78 Å². The molecule has 0 radical (unpaired) electrons. The van der Waals surface area contributed by atoms with Gasteiger partial charge in [-0.25, -0.2) is 4.39 Å². The maximum Gasteiger partial charge on any atom is 0.195 e. The van der Waals surface area contributed by atoms with E-state index in [9.17, 15) is 9.18 Å². The number of carbonyl (C=O) groups is 1. The lowest BCUT2D eigenvalue weighted by Gasteiger charge is -2.00. The van der Waals surface area contributed by atoms with Gasteiger partial charge in [-0.2, -0.15) is 0 Å². The summed E-state index contributed by atoms with van der Waals surface area (Å²) in [6.45, 7) is 0. The van der Waals surface area contributed by atoms with Gasteiger partial charge in [0.15, 0.2) is 5.78 Å². The van der Waals surface area contributed by atoms with E-state index < -0.39 is 5.82 Å². The van der Waals surface area contributed by atoms with E-state index in [0.717, 1.165) is 10.9 Å². The van der Waals surface area contributed by atoms with Crippen LogP contribution in [0, 0.1) is 5.82 Å². The van der Waals surface area contributed by atoms with Gasteiger partial charge in [0, 0.05) is 40.3 Å². The van der Waals surface area contributed by atoms with Crippen LogP contribution >= 0.6 is 11.6 Å². The summed E-state index contributed by atoms with van der Waals surface area (Å²) in [5.41, 5.74) is 1.76. The van der Waals surface area contributed by atoms with Gasteiger partial charge in [-0.1, -0.05) is 29.8 Å². The molecular weight excluding hydrogens is 277 g/mol. The molecule has 0 amide bonds. The van der Waals surface area contributed by atoms with Crippen LogP contribution in [0.3, 0.4) is 0 Å². The lowest BCUT2D eigenvalue weighted by atomic mass is 10.0. The molecule has 0 fully saturated rings. The van der Waals surface area contributed by atoms with Crippen LogP contribution in [0.4, 0.5) is 4.39 Å². The van der Waals surface area contributed by atoms with Crippen molar-refractivity contribution in [2.75, 3.05) is 0 Å². The largest absolute Gasteiger partial charge is 0.350 e. The maximum absolute atomic E-state index is 13.2. The molecule has 100 valence electrons. The third-order valence-electron chi connectivity index (χ3n) is 3.28. The summed E-state index contributed by atoms with van der Waals surface area (Å²) in [6, 6.07) is 11.1. The number of carbonyl (C=O) groups excluding carboxylic acids is 1. The lowest BCUT2D eigenvalue weighted by Crippen LogP contribution is -2.00. The fourth-order valence-corrected chi connectivity index (χ4v) is 2.49. The Morgan fingerprint density at radius 1 is 1.20 bits per heavy atom. The normalized spacial score (nSPS) is 10.9. The van der Waals surface area contributed by atoms with Gasteiger partial charge < -0.3 is 4.57 Å². The number of hydrogen-bond acceptors (Lipinski definition) is 1. The number of ketones is 1. The van der Waals surface area contributed by atoms with E-state index in [2.05, 4.69) is 0 Å². The Bertz CT molecular complexity index is 822. The molecule has 1 heterocycles. The molecule has 0 spiro atoms. The van der Waals surface area contributed by atoms with Gasteiger partial charge in [0.25, 0.3) is 0 Å². The second kappa shape index (κ2) is 4.76. The Kier molecular flexibility index (Phi) is 3.07. The van der Waals surface area contributed by atoms with Crippen LogP contribution in [0.1, 0.15) is 15.9 Å². The van der Waals surface area contributed by atoms with Gasteiger partial charge in [-0.3, -0.25) is 4.79 Å². The molecule has 0 saturated heterocycles. The van der Waals surface area contributed by atoms with Gasteiger partial charge in [-0.15, -0.1) is 0 Å². The van der Waals surface area contributed by atoms with Crippen LogP contribution in [-0.4, -0.2) is 10.4 Å². The Balaban J connectivity index is 2.17. The number of aryl methyl sites for hydroxylation is 1. The van der Waals surface area contributed by atoms with E-state index in [0.29, 0.717) is 16.1 Å². The summed E-state index contributed by atoms with van der Waals surface area (Å²) in [6.07, 6.45) is 1.74. The Labute approximate surface area is 120 Å². The van der Waals surface area contributed by atoms with E-state index in [1.807, 2.05) is 17.7 Å². The SMILES string of the molecule is Cn1cc(C(=O)c2cccc(F)c2)c2ccc(Cl)cc21. The monoisotopic (exact) mass is 287 g/mol. The Hall–Kier alpha value is -2.13. The van der Waals surface area contributed by atoms with Crippen molar-refractivity contribution in [1.82, 2.24) is 4.57 Å². The topological polar surface area (TPSA) is 22.0 Å². The summed E-state index contributed by atoms with van der Waals surface area (Å²) < 4.78 is 15.1. The van der Waals surface area contributed by atoms with Crippen LogP contribution in [0.15, 0.2) is 48.7 Å². The van der Waals surface area contributed by atoms with Crippen molar-refractivity contribution < 1.29 is 9.18 Å². The molecular formula is C16H11ClFNO. The van der Waals surface area contributed by atoms with Gasteiger partial charge >= 0.3 is 0 Å². The minimum Gasteiger partial charge on any atom is -0.350 e. The third-order valence-corrected chi connectivity index (χ3v) is 3.52. The summed E-state index contributed by atoms with van der Waals surface area (Å²) in [7, 11) is 1.85. The number of nitrogens with zero attached hydrogens (tertiary/aromatic N) is 1. The number of halogens is 2. The summed E-state index contributed by atoms with van der Waals surface area (Å²) >= 11 is 5.97. The second-order valence-corrected chi connectivity index (χ2v) is 5.09. The van der Waals surface area contributed by atoms with Crippen LogP contribution < -0.4 is 0 Å². The van der Waals surface area contributed by atoms with Crippen LogP contribution in [0.2, 0.25) is 5.02 Å². The Morgan fingerprint density at radius 3 is 2.75 bits per heavy atom. The fraction of sp³-hybridized carbons (Fsp3) is 0.0625. The molecule has 20 heavy (non-hydrogen) atoms. The molecule has 0 aliphatic rings. The van der Waals surface area contributed by atoms with Crippen LogP contribution in [0.25, 0.3) is 10.9 Å². The first-order valence-electron chi connectivity index (χ1n) is 6.11. The predicted octanol–water partition coefficient (Wildman–Crippen LogP) is 4.20. The Morgan fingerprint density at radius 2 is 2.00 bits per heavy atom.